The maximum Gasteiger partial charge on any atom is 0.272 e. The average Bonchev–Trinajstić information content (AvgIpc) is 2.79. The summed E-state index contributed by atoms with van der Waals surface area (Å²) in [7, 11) is 3.07. The number of rotatable bonds is 7. The molecular weight excluding hydrogens is 392 g/mol. The van der Waals surface area contributed by atoms with Crippen molar-refractivity contribution in [2.24, 2.45) is 0 Å². The van der Waals surface area contributed by atoms with Crippen LogP contribution in [0.15, 0.2) is 78.5 Å². The van der Waals surface area contributed by atoms with E-state index in [-0.39, 0.29) is 5.70 Å². The minimum Gasteiger partial charge on any atom is -0.496 e. The van der Waals surface area contributed by atoms with E-state index < -0.39 is 11.8 Å². The van der Waals surface area contributed by atoms with Crippen LogP contribution in [0.4, 0.5) is 5.69 Å². The molecule has 3 aromatic carbocycles. The largest absolute Gasteiger partial charge is 0.496 e. The van der Waals surface area contributed by atoms with Gasteiger partial charge in [-0.05, 0) is 43.3 Å². The van der Waals surface area contributed by atoms with Crippen LogP contribution < -0.4 is 20.1 Å². The van der Waals surface area contributed by atoms with Gasteiger partial charge in [0.25, 0.3) is 11.8 Å². The van der Waals surface area contributed by atoms with Crippen LogP contribution in [-0.2, 0) is 4.79 Å². The number of ether oxygens (including phenoxy) is 2. The second-order valence-corrected chi connectivity index (χ2v) is 6.77. The van der Waals surface area contributed by atoms with E-state index in [9.17, 15) is 9.59 Å². The molecule has 0 saturated carbocycles. The summed E-state index contributed by atoms with van der Waals surface area (Å²) in [5.74, 6) is 0.208. The highest BCUT2D eigenvalue weighted by atomic mass is 16.5. The quantitative estimate of drug-likeness (QED) is 0.559. The van der Waals surface area contributed by atoms with Crippen LogP contribution >= 0.6 is 0 Å². The highest BCUT2D eigenvalue weighted by molar-refractivity contribution is 6.11. The van der Waals surface area contributed by atoms with E-state index in [0.29, 0.717) is 28.3 Å². The summed E-state index contributed by atoms with van der Waals surface area (Å²) in [4.78, 5) is 25.9. The predicted molar refractivity (Wildman–Crippen MR) is 121 cm³/mol. The summed E-state index contributed by atoms with van der Waals surface area (Å²) < 4.78 is 10.7. The van der Waals surface area contributed by atoms with Crippen molar-refractivity contribution in [3.05, 3.63) is 95.2 Å². The Hall–Kier alpha value is -4.06. The van der Waals surface area contributed by atoms with Crippen molar-refractivity contribution in [1.82, 2.24) is 5.32 Å². The lowest BCUT2D eigenvalue weighted by molar-refractivity contribution is -0.113. The fourth-order valence-electron chi connectivity index (χ4n) is 2.94. The smallest absolute Gasteiger partial charge is 0.272 e. The molecule has 6 nitrogen and oxygen atoms in total. The van der Waals surface area contributed by atoms with Crippen molar-refractivity contribution in [2.75, 3.05) is 19.5 Å². The van der Waals surface area contributed by atoms with Crippen LogP contribution in [0.25, 0.3) is 6.08 Å². The fourth-order valence-corrected chi connectivity index (χ4v) is 2.94. The van der Waals surface area contributed by atoms with Crippen LogP contribution in [0.2, 0.25) is 0 Å². The highest BCUT2D eigenvalue weighted by Crippen LogP contribution is 2.25. The third-order valence-electron chi connectivity index (χ3n) is 4.60. The van der Waals surface area contributed by atoms with Gasteiger partial charge in [0, 0.05) is 11.1 Å². The Labute approximate surface area is 181 Å². The Morgan fingerprint density at radius 1 is 0.806 bits per heavy atom. The monoisotopic (exact) mass is 416 g/mol. The zero-order valence-electron chi connectivity index (χ0n) is 17.6. The number of amides is 2. The highest BCUT2D eigenvalue weighted by Gasteiger charge is 2.17. The molecule has 0 aliphatic rings. The number of aryl methyl sites for hydroxylation is 1. The lowest BCUT2D eigenvalue weighted by Gasteiger charge is -2.14. The number of nitrogens with one attached hydrogen (secondary N) is 2. The van der Waals surface area contributed by atoms with E-state index in [1.54, 1.807) is 61.7 Å². The fraction of sp³-hybridized carbons (Fsp3) is 0.120. The van der Waals surface area contributed by atoms with Gasteiger partial charge in [-0.3, -0.25) is 9.59 Å². The van der Waals surface area contributed by atoms with E-state index in [4.69, 9.17) is 9.47 Å². The normalized spacial score (nSPS) is 10.9. The van der Waals surface area contributed by atoms with Gasteiger partial charge < -0.3 is 20.1 Å². The van der Waals surface area contributed by atoms with Gasteiger partial charge in [0.15, 0.2) is 0 Å². The molecule has 2 N–H and O–H groups in total. The third kappa shape index (κ3) is 5.51. The Kier molecular flexibility index (Phi) is 7.06. The van der Waals surface area contributed by atoms with E-state index in [2.05, 4.69) is 10.6 Å². The van der Waals surface area contributed by atoms with Crippen molar-refractivity contribution >= 4 is 23.6 Å². The molecule has 0 saturated heterocycles. The van der Waals surface area contributed by atoms with Crippen LogP contribution in [0.5, 0.6) is 11.5 Å². The van der Waals surface area contributed by atoms with Gasteiger partial charge in [-0.2, -0.15) is 0 Å². The number of carbonyl (C=O) groups is 2. The summed E-state index contributed by atoms with van der Waals surface area (Å²) in [5.41, 5.74) is 2.70. The van der Waals surface area contributed by atoms with Gasteiger partial charge in [0.2, 0.25) is 0 Å². The molecule has 0 atom stereocenters. The number of hydrogen-bond acceptors (Lipinski definition) is 4. The molecule has 31 heavy (non-hydrogen) atoms. The Bertz CT molecular complexity index is 1100. The molecule has 158 valence electrons. The molecule has 2 amide bonds. The van der Waals surface area contributed by atoms with Crippen LogP contribution in [0.3, 0.4) is 0 Å². The molecule has 0 radical (unpaired) electrons. The molecule has 0 aliphatic heterocycles. The van der Waals surface area contributed by atoms with E-state index in [0.717, 1.165) is 5.56 Å². The topological polar surface area (TPSA) is 76.7 Å². The molecule has 3 aromatic rings. The molecule has 0 aromatic heterocycles. The molecule has 0 bridgehead atoms. The Balaban J connectivity index is 1.95. The van der Waals surface area contributed by atoms with Crippen LogP contribution in [-0.4, -0.2) is 26.0 Å². The van der Waals surface area contributed by atoms with E-state index in [1.807, 2.05) is 31.2 Å². The lowest BCUT2D eigenvalue weighted by Crippen LogP contribution is -2.30. The number of anilines is 1. The lowest BCUT2D eigenvalue weighted by atomic mass is 10.1. The Morgan fingerprint density at radius 2 is 1.42 bits per heavy atom. The molecule has 0 heterocycles. The average molecular weight is 416 g/mol. The molecule has 0 spiro atoms. The molecule has 0 unspecified atom stereocenters. The standard InChI is InChI=1S/C25H24N2O4/c1-17-12-14-18(15-13-17)24(28)27-21(16-19-8-4-6-10-22(19)30-2)25(29)26-20-9-5-7-11-23(20)31-3/h4-16H,1-3H3,(H,26,29)(H,27,28). The summed E-state index contributed by atoms with van der Waals surface area (Å²) in [6.45, 7) is 1.94. The van der Waals surface area contributed by atoms with Crippen molar-refractivity contribution in [3.8, 4) is 11.5 Å². The molecule has 0 fully saturated rings. The van der Waals surface area contributed by atoms with Crippen LogP contribution in [0.1, 0.15) is 21.5 Å². The van der Waals surface area contributed by atoms with Crippen molar-refractivity contribution in [2.45, 2.75) is 6.92 Å². The second-order valence-electron chi connectivity index (χ2n) is 6.77. The van der Waals surface area contributed by atoms with E-state index in [1.165, 1.54) is 7.11 Å². The summed E-state index contributed by atoms with van der Waals surface area (Å²) in [6, 6.07) is 21.4. The number of hydrogen-bond donors (Lipinski definition) is 2. The first-order valence-electron chi connectivity index (χ1n) is 9.69. The van der Waals surface area contributed by atoms with Gasteiger partial charge in [-0.1, -0.05) is 48.0 Å². The summed E-state index contributed by atoms with van der Waals surface area (Å²) >= 11 is 0. The van der Waals surface area contributed by atoms with Gasteiger partial charge in [0.1, 0.15) is 17.2 Å². The van der Waals surface area contributed by atoms with Crippen molar-refractivity contribution in [3.63, 3.8) is 0 Å². The number of carbonyl (C=O) groups excluding carboxylic acids is 2. The first-order chi connectivity index (χ1) is 15.0. The van der Waals surface area contributed by atoms with Crippen molar-refractivity contribution in [1.29, 1.82) is 0 Å². The molecule has 6 heteroatoms. The molecule has 0 aliphatic carbocycles. The van der Waals surface area contributed by atoms with Gasteiger partial charge in [-0.25, -0.2) is 0 Å². The first-order valence-corrected chi connectivity index (χ1v) is 9.69. The Morgan fingerprint density at radius 3 is 2.10 bits per heavy atom. The van der Waals surface area contributed by atoms with Crippen molar-refractivity contribution < 1.29 is 19.1 Å². The van der Waals surface area contributed by atoms with Crippen LogP contribution in [0, 0.1) is 6.92 Å². The zero-order valence-corrected chi connectivity index (χ0v) is 17.6. The number of benzene rings is 3. The minimum atomic E-state index is -0.490. The second kappa shape index (κ2) is 10.1. The third-order valence-corrected chi connectivity index (χ3v) is 4.60. The van der Waals surface area contributed by atoms with E-state index >= 15 is 0 Å². The predicted octanol–water partition coefficient (Wildman–Crippen LogP) is 4.42. The van der Waals surface area contributed by atoms with Gasteiger partial charge in [-0.15, -0.1) is 0 Å². The number of methoxy groups -OCH3 is 2. The summed E-state index contributed by atoms with van der Waals surface area (Å²) in [6.07, 6.45) is 1.58. The van der Waals surface area contributed by atoms with Gasteiger partial charge in [0.05, 0.1) is 19.9 Å². The maximum absolute atomic E-state index is 13.1. The maximum atomic E-state index is 13.1. The zero-order chi connectivity index (χ0) is 22.2. The van der Waals surface area contributed by atoms with Gasteiger partial charge >= 0.3 is 0 Å². The molecular formula is C25H24N2O4. The molecule has 3 rings (SSSR count). The number of para-hydroxylation sites is 3. The first kappa shape index (κ1) is 21.6. The SMILES string of the molecule is COc1ccccc1C=C(NC(=O)c1ccc(C)cc1)C(=O)Nc1ccccc1OC. The summed E-state index contributed by atoms with van der Waals surface area (Å²) in [5, 5.41) is 5.52. The minimum absolute atomic E-state index is 0.0704.